The normalized spacial score (nSPS) is 18.5. The van der Waals surface area contributed by atoms with Gasteiger partial charge in [0.05, 0.1) is 5.56 Å². The van der Waals surface area contributed by atoms with Crippen LogP contribution in [-0.4, -0.2) is 30.5 Å². The molecule has 2 nitrogen and oxygen atoms in total. The predicted molar refractivity (Wildman–Crippen MR) is 64.2 cm³/mol. The molecule has 0 bridgehead atoms. The van der Waals surface area contributed by atoms with E-state index in [2.05, 4.69) is 17.7 Å². The molecule has 1 heterocycles. The third-order valence-corrected chi connectivity index (χ3v) is 3.22. The summed E-state index contributed by atoms with van der Waals surface area (Å²) in [4.78, 5) is 2.06. The lowest BCUT2D eigenvalue weighted by Crippen LogP contribution is -2.42. The molecule has 0 amide bonds. The molecule has 94 valence electrons. The van der Waals surface area contributed by atoms with E-state index in [1.54, 1.807) is 0 Å². The van der Waals surface area contributed by atoms with Crippen molar-refractivity contribution in [1.29, 1.82) is 0 Å². The Morgan fingerprint density at radius 3 is 1.94 bits per heavy atom. The molecule has 0 radical (unpaired) electrons. The van der Waals surface area contributed by atoms with Crippen molar-refractivity contribution >= 4 is 18.5 Å². The highest BCUT2D eigenvalue weighted by Gasteiger charge is 2.30. The lowest BCUT2D eigenvalue weighted by atomic mass is 10.2. The molecule has 17 heavy (non-hydrogen) atoms. The van der Waals surface area contributed by atoms with Gasteiger partial charge in [0.2, 0.25) is 0 Å². The number of thiol groups is 1. The van der Waals surface area contributed by atoms with Crippen LogP contribution in [0.5, 0.6) is 0 Å². The van der Waals surface area contributed by atoms with E-state index in [4.69, 9.17) is 0 Å². The summed E-state index contributed by atoms with van der Waals surface area (Å²) in [6.07, 6.45) is -4.26. The molecule has 1 fully saturated rings. The molecule has 0 saturated carbocycles. The predicted octanol–water partition coefficient (Wildman–Crippen LogP) is 2.67. The summed E-state index contributed by atoms with van der Waals surface area (Å²) in [6.45, 7) is 3.19. The van der Waals surface area contributed by atoms with E-state index in [0.29, 0.717) is 0 Å². The maximum absolute atomic E-state index is 12.4. The van der Waals surface area contributed by atoms with Gasteiger partial charge < -0.3 is 4.90 Å². The van der Waals surface area contributed by atoms with Crippen LogP contribution in [-0.2, 0) is 6.18 Å². The molecule has 1 aromatic rings. The zero-order valence-corrected chi connectivity index (χ0v) is 10.0. The first-order valence-corrected chi connectivity index (χ1v) is 5.73. The van der Waals surface area contributed by atoms with E-state index < -0.39 is 11.7 Å². The molecule has 0 aromatic heterocycles. The van der Waals surface area contributed by atoms with E-state index in [9.17, 15) is 13.2 Å². The molecule has 2 rings (SSSR count). The minimum absolute atomic E-state index is 0.603. The fourth-order valence-electron chi connectivity index (χ4n) is 1.82. The first-order valence-electron chi connectivity index (χ1n) is 5.33. The SMILES string of the molecule is FC(F)(F)c1ccc(N2CCN(S)CC2)cc1. The highest BCUT2D eigenvalue weighted by atomic mass is 32.1. The summed E-state index contributed by atoms with van der Waals surface area (Å²) in [5, 5.41) is 0. The van der Waals surface area contributed by atoms with E-state index in [0.717, 1.165) is 44.0 Å². The lowest BCUT2D eigenvalue weighted by Gasteiger charge is -2.33. The summed E-state index contributed by atoms with van der Waals surface area (Å²) in [5.41, 5.74) is 0.230. The van der Waals surface area contributed by atoms with Crippen molar-refractivity contribution in [3.63, 3.8) is 0 Å². The molecule has 0 atom stereocenters. The highest BCUT2D eigenvalue weighted by Crippen LogP contribution is 2.30. The number of alkyl halides is 3. The van der Waals surface area contributed by atoms with E-state index in [1.165, 1.54) is 12.1 Å². The van der Waals surface area contributed by atoms with Gasteiger partial charge in [0.25, 0.3) is 0 Å². The van der Waals surface area contributed by atoms with Crippen molar-refractivity contribution in [3.8, 4) is 0 Å². The summed E-state index contributed by atoms with van der Waals surface area (Å²) in [7, 11) is 0. The number of rotatable bonds is 1. The molecular formula is C11H13F3N2S. The Hall–Kier alpha value is -0.880. The van der Waals surface area contributed by atoms with Crippen LogP contribution >= 0.6 is 12.8 Å². The Kier molecular flexibility index (Phi) is 3.53. The minimum atomic E-state index is -4.26. The largest absolute Gasteiger partial charge is 0.416 e. The summed E-state index contributed by atoms with van der Waals surface area (Å²) in [5.74, 6) is 0. The molecule has 0 spiro atoms. The van der Waals surface area contributed by atoms with Crippen LogP contribution in [0.2, 0.25) is 0 Å². The van der Waals surface area contributed by atoms with Crippen molar-refractivity contribution in [2.75, 3.05) is 31.1 Å². The second-order valence-electron chi connectivity index (χ2n) is 3.99. The molecule has 1 aromatic carbocycles. The van der Waals surface area contributed by atoms with Crippen molar-refractivity contribution in [3.05, 3.63) is 29.8 Å². The number of benzene rings is 1. The number of piperazine rings is 1. The van der Waals surface area contributed by atoms with E-state index in [1.807, 2.05) is 4.31 Å². The van der Waals surface area contributed by atoms with E-state index >= 15 is 0 Å². The standard InChI is InChI=1S/C11H13F3N2S/c12-11(13,14)9-1-3-10(4-2-9)15-5-7-16(17)8-6-15/h1-4,17H,5-8H2. The summed E-state index contributed by atoms with van der Waals surface area (Å²) in [6, 6.07) is 5.30. The van der Waals surface area contributed by atoms with Gasteiger partial charge >= 0.3 is 6.18 Å². The molecule has 6 heteroatoms. The van der Waals surface area contributed by atoms with Gasteiger partial charge in [0.1, 0.15) is 0 Å². The Bertz CT molecular complexity index is 369. The van der Waals surface area contributed by atoms with Gasteiger partial charge in [-0.3, -0.25) is 0 Å². The Morgan fingerprint density at radius 2 is 1.47 bits per heavy atom. The Balaban J connectivity index is 2.08. The van der Waals surface area contributed by atoms with Gasteiger partial charge in [-0.1, -0.05) is 12.8 Å². The summed E-state index contributed by atoms with van der Waals surface area (Å²) < 4.78 is 39.1. The molecule has 0 N–H and O–H groups in total. The van der Waals surface area contributed by atoms with Crippen molar-refractivity contribution in [2.24, 2.45) is 0 Å². The molecule has 0 aliphatic carbocycles. The molecule has 1 aliphatic heterocycles. The van der Waals surface area contributed by atoms with Crippen molar-refractivity contribution in [2.45, 2.75) is 6.18 Å². The molecule has 1 saturated heterocycles. The molecule has 1 aliphatic rings. The van der Waals surface area contributed by atoms with Crippen LogP contribution in [0, 0.1) is 0 Å². The van der Waals surface area contributed by atoms with Gasteiger partial charge in [-0.2, -0.15) is 13.2 Å². The maximum Gasteiger partial charge on any atom is 0.416 e. The average Bonchev–Trinajstić information content (AvgIpc) is 2.29. The highest BCUT2D eigenvalue weighted by molar-refractivity contribution is 7.77. The second-order valence-corrected chi connectivity index (χ2v) is 4.55. The Labute approximate surface area is 104 Å². The van der Waals surface area contributed by atoms with Gasteiger partial charge in [-0.25, -0.2) is 4.31 Å². The third kappa shape index (κ3) is 3.07. The number of nitrogens with zero attached hydrogens (tertiary/aromatic N) is 2. The topological polar surface area (TPSA) is 6.48 Å². The number of hydrogen-bond acceptors (Lipinski definition) is 3. The smallest absolute Gasteiger partial charge is 0.369 e. The number of hydrogen-bond donors (Lipinski definition) is 1. The minimum Gasteiger partial charge on any atom is -0.369 e. The second kappa shape index (κ2) is 4.78. The maximum atomic E-state index is 12.4. The monoisotopic (exact) mass is 262 g/mol. The van der Waals surface area contributed by atoms with Crippen molar-refractivity contribution < 1.29 is 13.2 Å². The van der Waals surface area contributed by atoms with Crippen LogP contribution in [0.1, 0.15) is 5.56 Å². The molecule has 0 unspecified atom stereocenters. The summed E-state index contributed by atoms with van der Waals surface area (Å²) >= 11 is 4.23. The van der Waals surface area contributed by atoms with Gasteiger partial charge in [0.15, 0.2) is 0 Å². The van der Waals surface area contributed by atoms with Crippen LogP contribution in [0.15, 0.2) is 24.3 Å². The first kappa shape index (κ1) is 12.6. The van der Waals surface area contributed by atoms with Crippen LogP contribution < -0.4 is 4.90 Å². The van der Waals surface area contributed by atoms with Crippen LogP contribution in [0.4, 0.5) is 18.9 Å². The van der Waals surface area contributed by atoms with Gasteiger partial charge in [0, 0.05) is 31.9 Å². The lowest BCUT2D eigenvalue weighted by molar-refractivity contribution is -0.137. The first-order chi connectivity index (χ1) is 7.97. The van der Waals surface area contributed by atoms with E-state index in [-0.39, 0.29) is 0 Å². The zero-order chi connectivity index (χ0) is 12.5. The zero-order valence-electron chi connectivity index (χ0n) is 9.11. The number of anilines is 1. The number of halogens is 3. The third-order valence-electron chi connectivity index (χ3n) is 2.82. The van der Waals surface area contributed by atoms with Crippen LogP contribution in [0.3, 0.4) is 0 Å². The van der Waals surface area contributed by atoms with Gasteiger partial charge in [-0.05, 0) is 24.3 Å². The van der Waals surface area contributed by atoms with Crippen molar-refractivity contribution in [1.82, 2.24) is 4.31 Å². The quantitative estimate of drug-likeness (QED) is 0.777. The Morgan fingerprint density at radius 1 is 0.941 bits per heavy atom. The fraction of sp³-hybridized carbons (Fsp3) is 0.455. The molecular weight excluding hydrogens is 249 g/mol. The average molecular weight is 262 g/mol. The van der Waals surface area contributed by atoms with Gasteiger partial charge in [-0.15, -0.1) is 0 Å². The van der Waals surface area contributed by atoms with Crippen LogP contribution in [0.25, 0.3) is 0 Å². The fourth-order valence-corrected chi connectivity index (χ4v) is 1.99.